The molecule has 0 radical (unpaired) electrons. The molecule has 0 aliphatic rings. The van der Waals surface area contributed by atoms with E-state index >= 15 is 0 Å². The molecule has 4 heteroatoms. The van der Waals surface area contributed by atoms with Crippen LogP contribution < -0.4 is 17.0 Å². The summed E-state index contributed by atoms with van der Waals surface area (Å²) in [6, 6.07) is 0. The number of ether oxygens (including phenoxy) is 1. The van der Waals surface area contributed by atoms with Gasteiger partial charge in [-0.3, -0.25) is 0 Å². The minimum atomic E-state index is -0.273. The SMILES string of the molecule is COC(=O)/C=C/C[S+](C)C.[Br-]. The molecule has 0 aromatic rings. The summed E-state index contributed by atoms with van der Waals surface area (Å²) in [5.41, 5.74) is 0. The maximum absolute atomic E-state index is 10.5. The van der Waals surface area contributed by atoms with Crippen LogP contribution in [0.4, 0.5) is 0 Å². The first-order valence-electron chi connectivity index (χ1n) is 2.95. The van der Waals surface area contributed by atoms with E-state index in [4.69, 9.17) is 0 Å². The smallest absolute Gasteiger partial charge is 0.330 e. The molecule has 0 saturated carbocycles. The summed E-state index contributed by atoms with van der Waals surface area (Å²) in [6.07, 6.45) is 7.56. The molecule has 0 aromatic carbocycles. The predicted octanol–water partition coefficient (Wildman–Crippen LogP) is -2.40. The van der Waals surface area contributed by atoms with Crippen LogP contribution in [0.2, 0.25) is 0 Å². The van der Waals surface area contributed by atoms with Crippen molar-refractivity contribution in [3.05, 3.63) is 12.2 Å². The number of rotatable bonds is 3. The molecule has 0 fully saturated rings. The molecule has 0 saturated heterocycles. The molecular formula is C7H13BrO2S. The van der Waals surface area contributed by atoms with Crippen LogP contribution in [-0.4, -0.2) is 31.3 Å². The van der Waals surface area contributed by atoms with Gasteiger partial charge in [0.25, 0.3) is 0 Å². The fourth-order valence-corrected chi connectivity index (χ4v) is 0.886. The van der Waals surface area contributed by atoms with Crippen molar-refractivity contribution in [2.45, 2.75) is 0 Å². The summed E-state index contributed by atoms with van der Waals surface area (Å²) in [5, 5.41) is 0. The molecule has 0 aromatic heterocycles. The van der Waals surface area contributed by atoms with Crippen molar-refractivity contribution >= 4 is 16.9 Å². The van der Waals surface area contributed by atoms with Crippen LogP contribution in [0.5, 0.6) is 0 Å². The lowest BCUT2D eigenvalue weighted by Crippen LogP contribution is -3.00. The third-order valence-corrected chi connectivity index (χ3v) is 1.74. The van der Waals surface area contributed by atoms with Crippen molar-refractivity contribution in [1.29, 1.82) is 0 Å². The van der Waals surface area contributed by atoms with Gasteiger partial charge in [-0.25, -0.2) is 4.79 Å². The Hall–Kier alpha value is 0.0400. The van der Waals surface area contributed by atoms with Gasteiger partial charge in [0, 0.05) is 6.08 Å². The fraction of sp³-hybridized carbons (Fsp3) is 0.571. The number of hydrogen-bond acceptors (Lipinski definition) is 2. The van der Waals surface area contributed by atoms with Crippen molar-refractivity contribution in [2.24, 2.45) is 0 Å². The van der Waals surface area contributed by atoms with E-state index in [1.165, 1.54) is 13.2 Å². The van der Waals surface area contributed by atoms with Gasteiger partial charge >= 0.3 is 5.97 Å². The Morgan fingerprint density at radius 3 is 2.45 bits per heavy atom. The third kappa shape index (κ3) is 10.0. The summed E-state index contributed by atoms with van der Waals surface area (Å²) >= 11 is 0. The predicted molar refractivity (Wildman–Crippen MR) is 45.2 cm³/mol. The van der Waals surface area contributed by atoms with Crippen molar-refractivity contribution < 1.29 is 26.5 Å². The molecule has 0 spiro atoms. The van der Waals surface area contributed by atoms with E-state index in [0.717, 1.165) is 5.75 Å². The average molecular weight is 241 g/mol. The Bertz CT molecular complexity index is 134. The number of carbonyl (C=O) groups is 1. The van der Waals surface area contributed by atoms with Crippen LogP contribution in [0.15, 0.2) is 12.2 Å². The molecular weight excluding hydrogens is 228 g/mol. The summed E-state index contributed by atoms with van der Waals surface area (Å²) < 4.78 is 4.41. The average Bonchev–Trinajstić information content (AvgIpc) is 1.87. The van der Waals surface area contributed by atoms with Gasteiger partial charge in [-0.05, 0) is 17.0 Å². The van der Waals surface area contributed by atoms with Crippen molar-refractivity contribution in [2.75, 3.05) is 25.4 Å². The first-order valence-corrected chi connectivity index (χ1v) is 5.16. The highest BCUT2D eigenvalue weighted by Crippen LogP contribution is 1.85. The van der Waals surface area contributed by atoms with Gasteiger partial charge in [0.1, 0.15) is 5.75 Å². The quantitative estimate of drug-likeness (QED) is 0.313. The molecule has 0 aliphatic heterocycles. The van der Waals surface area contributed by atoms with Crippen LogP contribution >= 0.6 is 0 Å². The standard InChI is InChI=1S/C7H13O2S.BrH/c1-9-7(8)5-4-6-10(2)3;/h4-5H,6H2,1-3H3;1H/q+1;/p-1/b5-4+;. The first-order chi connectivity index (χ1) is 4.66. The van der Waals surface area contributed by atoms with E-state index in [2.05, 4.69) is 17.2 Å². The van der Waals surface area contributed by atoms with E-state index in [-0.39, 0.29) is 23.0 Å². The highest BCUT2D eigenvalue weighted by molar-refractivity contribution is 7.95. The van der Waals surface area contributed by atoms with Gasteiger partial charge in [0.15, 0.2) is 0 Å². The minimum absolute atomic E-state index is 0. The lowest BCUT2D eigenvalue weighted by atomic mass is 10.5. The summed E-state index contributed by atoms with van der Waals surface area (Å²) in [6.45, 7) is 0. The molecule has 2 nitrogen and oxygen atoms in total. The molecule has 0 rings (SSSR count). The molecule has 0 N–H and O–H groups in total. The van der Waals surface area contributed by atoms with E-state index in [0.29, 0.717) is 10.9 Å². The Balaban J connectivity index is 0. The van der Waals surface area contributed by atoms with Gasteiger partial charge in [0.2, 0.25) is 0 Å². The van der Waals surface area contributed by atoms with E-state index in [9.17, 15) is 4.79 Å². The highest BCUT2D eigenvalue weighted by atomic mass is 79.9. The van der Waals surface area contributed by atoms with Gasteiger partial charge < -0.3 is 21.7 Å². The Morgan fingerprint density at radius 2 is 2.09 bits per heavy atom. The second-order valence-electron chi connectivity index (χ2n) is 2.08. The highest BCUT2D eigenvalue weighted by Gasteiger charge is 1.97. The number of hydrogen-bond donors (Lipinski definition) is 0. The Morgan fingerprint density at radius 1 is 1.55 bits per heavy atom. The van der Waals surface area contributed by atoms with E-state index in [1.807, 2.05) is 6.08 Å². The molecule has 11 heavy (non-hydrogen) atoms. The van der Waals surface area contributed by atoms with Crippen molar-refractivity contribution in [3.8, 4) is 0 Å². The van der Waals surface area contributed by atoms with Crippen LogP contribution in [0.25, 0.3) is 0 Å². The molecule has 0 amide bonds. The van der Waals surface area contributed by atoms with Crippen LogP contribution in [0.1, 0.15) is 0 Å². The van der Waals surface area contributed by atoms with E-state index in [1.54, 1.807) is 0 Å². The first kappa shape index (κ1) is 13.6. The number of esters is 1. The third-order valence-electron chi connectivity index (χ3n) is 0.885. The Kier molecular flexibility index (Phi) is 10.1. The lowest BCUT2D eigenvalue weighted by molar-refractivity contribution is -0.134. The summed E-state index contributed by atoms with van der Waals surface area (Å²) in [4.78, 5) is 10.5. The van der Waals surface area contributed by atoms with Crippen molar-refractivity contribution in [1.82, 2.24) is 0 Å². The summed E-state index contributed by atoms with van der Waals surface area (Å²) in [5.74, 6) is 0.681. The fourth-order valence-electron chi connectivity index (χ4n) is 0.405. The molecule has 66 valence electrons. The van der Waals surface area contributed by atoms with Crippen LogP contribution in [0, 0.1) is 0 Å². The largest absolute Gasteiger partial charge is 1.00 e. The Labute approximate surface area is 81.1 Å². The monoisotopic (exact) mass is 240 g/mol. The minimum Gasteiger partial charge on any atom is -1.00 e. The zero-order chi connectivity index (χ0) is 7.98. The van der Waals surface area contributed by atoms with Crippen LogP contribution in [-0.2, 0) is 20.4 Å². The summed E-state index contributed by atoms with van der Waals surface area (Å²) in [7, 11) is 1.75. The van der Waals surface area contributed by atoms with Gasteiger partial charge in [-0.1, -0.05) is 0 Å². The topological polar surface area (TPSA) is 26.3 Å². The van der Waals surface area contributed by atoms with Gasteiger partial charge in [-0.15, -0.1) is 0 Å². The van der Waals surface area contributed by atoms with Gasteiger partial charge in [-0.2, -0.15) is 0 Å². The van der Waals surface area contributed by atoms with Gasteiger partial charge in [0.05, 0.1) is 19.6 Å². The number of carbonyl (C=O) groups excluding carboxylic acids is 1. The second-order valence-corrected chi connectivity index (χ2v) is 4.38. The van der Waals surface area contributed by atoms with E-state index < -0.39 is 0 Å². The molecule has 0 atom stereocenters. The lowest BCUT2D eigenvalue weighted by Gasteiger charge is -1.89. The molecule has 0 heterocycles. The van der Waals surface area contributed by atoms with Crippen molar-refractivity contribution in [3.63, 3.8) is 0 Å². The maximum atomic E-state index is 10.5. The van der Waals surface area contributed by atoms with Crippen LogP contribution in [0.3, 0.4) is 0 Å². The number of methoxy groups -OCH3 is 1. The zero-order valence-corrected chi connectivity index (χ0v) is 9.37. The molecule has 0 aliphatic carbocycles. The molecule has 0 bridgehead atoms. The molecule has 0 unspecified atom stereocenters. The maximum Gasteiger partial charge on any atom is 0.330 e. The zero-order valence-electron chi connectivity index (χ0n) is 6.96. The normalized spacial score (nSPS) is 9.82. The number of halogens is 1. The second kappa shape index (κ2) is 8.14.